The number of carbonyl (C=O) groups is 1. The number of methoxy groups -OCH3 is 1. The summed E-state index contributed by atoms with van der Waals surface area (Å²) in [6.07, 6.45) is 0. The molecule has 7 nitrogen and oxygen atoms in total. The van der Waals surface area contributed by atoms with Crippen LogP contribution in [-0.2, 0) is 14.8 Å². The second-order valence-corrected chi connectivity index (χ2v) is 9.21. The summed E-state index contributed by atoms with van der Waals surface area (Å²) in [4.78, 5) is 18.0. The first kappa shape index (κ1) is 21.0. The molecule has 3 rings (SSSR count). The highest BCUT2D eigenvalue weighted by molar-refractivity contribution is 7.89. The minimum atomic E-state index is -3.79. The van der Waals surface area contributed by atoms with Crippen molar-refractivity contribution in [3.63, 3.8) is 0 Å². The van der Waals surface area contributed by atoms with E-state index in [9.17, 15) is 13.2 Å². The van der Waals surface area contributed by atoms with Gasteiger partial charge in [0, 0.05) is 10.4 Å². The molecule has 0 bridgehead atoms. The van der Waals surface area contributed by atoms with Crippen molar-refractivity contribution in [3.8, 4) is 17.0 Å². The Morgan fingerprint density at radius 3 is 2.38 bits per heavy atom. The topological polar surface area (TPSA) is 97.4 Å². The zero-order chi connectivity index (χ0) is 21.0. The van der Waals surface area contributed by atoms with E-state index < -0.39 is 22.0 Å². The minimum absolute atomic E-state index is 0.103. The Hall–Kier alpha value is -2.75. The molecule has 0 fully saturated rings. The molecule has 0 saturated carbocycles. The molecule has 0 saturated heterocycles. The number of hydrogen-bond acceptors (Lipinski definition) is 6. The lowest BCUT2D eigenvalue weighted by atomic mass is 10.1. The van der Waals surface area contributed by atoms with Crippen LogP contribution in [0.4, 0.5) is 5.13 Å². The van der Waals surface area contributed by atoms with Crippen LogP contribution in [0.1, 0.15) is 11.8 Å². The number of benzene rings is 2. The van der Waals surface area contributed by atoms with Gasteiger partial charge in [-0.25, -0.2) is 13.4 Å². The number of aromatic nitrogens is 1. The largest absolute Gasteiger partial charge is 0.497 e. The van der Waals surface area contributed by atoms with E-state index in [1.54, 1.807) is 25.3 Å². The van der Waals surface area contributed by atoms with Crippen LogP contribution >= 0.6 is 11.3 Å². The molecular formula is C20H21N3O4S2. The molecule has 29 heavy (non-hydrogen) atoms. The molecule has 2 aromatic carbocycles. The number of sulfonamides is 1. The van der Waals surface area contributed by atoms with Gasteiger partial charge in [0.25, 0.3) is 0 Å². The van der Waals surface area contributed by atoms with E-state index >= 15 is 0 Å². The van der Waals surface area contributed by atoms with E-state index in [1.807, 2.05) is 31.2 Å². The van der Waals surface area contributed by atoms with Crippen LogP contribution < -0.4 is 14.8 Å². The number of nitrogens with zero attached hydrogens (tertiary/aromatic N) is 1. The van der Waals surface area contributed by atoms with Crippen molar-refractivity contribution in [2.24, 2.45) is 0 Å². The maximum Gasteiger partial charge on any atom is 0.244 e. The molecule has 152 valence electrons. The summed E-state index contributed by atoms with van der Waals surface area (Å²) in [5.41, 5.74) is 1.66. The number of nitrogens with one attached hydrogen (secondary N) is 2. The van der Waals surface area contributed by atoms with Crippen molar-refractivity contribution in [3.05, 3.63) is 59.5 Å². The third-order valence-corrected chi connectivity index (χ3v) is 6.61. The zero-order valence-corrected chi connectivity index (χ0v) is 17.8. The van der Waals surface area contributed by atoms with E-state index in [0.717, 1.165) is 21.9 Å². The van der Waals surface area contributed by atoms with E-state index in [1.165, 1.54) is 30.4 Å². The van der Waals surface area contributed by atoms with Gasteiger partial charge in [-0.1, -0.05) is 18.2 Å². The van der Waals surface area contributed by atoms with E-state index in [2.05, 4.69) is 15.0 Å². The lowest BCUT2D eigenvalue weighted by Crippen LogP contribution is -2.41. The number of carbonyl (C=O) groups excluding carboxylic acids is 1. The fraction of sp³-hybridized carbons (Fsp3) is 0.200. The monoisotopic (exact) mass is 431 g/mol. The smallest absolute Gasteiger partial charge is 0.244 e. The van der Waals surface area contributed by atoms with E-state index in [-0.39, 0.29) is 4.90 Å². The molecule has 0 radical (unpaired) electrons. The van der Waals surface area contributed by atoms with Crippen molar-refractivity contribution >= 4 is 32.4 Å². The molecule has 0 unspecified atom stereocenters. The van der Waals surface area contributed by atoms with Crippen LogP contribution in [0, 0.1) is 6.92 Å². The van der Waals surface area contributed by atoms with Crippen molar-refractivity contribution in [1.29, 1.82) is 0 Å². The Morgan fingerprint density at radius 2 is 1.76 bits per heavy atom. The predicted molar refractivity (Wildman–Crippen MR) is 114 cm³/mol. The SMILES string of the molecule is COc1ccc(-c2nc(NC(=O)[C@H](C)NS(=O)(=O)c3ccccc3)sc2C)cc1. The van der Waals surface area contributed by atoms with Crippen LogP contribution in [0.2, 0.25) is 0 Å². The highest BCUT2D eigenvalue weighted by Crippen LogP contribution is 2.31. The van der Waals surface area contributed by atoms with Crippen LogP contribution in [0.25, 0.3) is 11.3 Å². The molecule has 1 heterocycles. The van der Waals surface area contributed by atoms with Gasteiger partial charge in [-0.2, -0.15) is 4.72 Å². The quantitative estimate of drug-likeness (QED) is 0.597. The van der Waals surface area contributed by atoms with Gasteiger partial charge in [0.2, 0.25) is 15.9 Å². The third kappa shape index (κ3) is 5.00. The van der Waals surface area contributed by atoms with E-state index in [4.69, 9.17) is 4.74 Å². The maximum atomic E-state index is 12.5. The van der Waals surface area contributed by atoms with Gasteiger partial charge in [0.15, 0.2) is 5.13 Å². The summed E-state index contributed by atoms with van der Waals surface area (Å²) in [6.45, 7) is 3.40. The maximum absolute atomic E-state index is 12.5. The normalized spacial score (nSPS) is 12.4. The number of ether oxygens (including phenoxy) is 1. The summed E-state index contributed by atoms with van der Waals surface area (Å²) in [7, 11) is -2.19. The van der Waals surface area contributed by atoms with Crippen LogP contribution in [0.5, 0.6) is 5.75 Å². The second kappa shape index (κ2) is 8.73. The summed E-state index contributed by atoms with van der Waals surface area (Å²) >= 11 is 1.33. The van der Waals surface area contributed by atoms with E-state index in [0.29, 0.717) is 5.13 Å². The minimum Gasteiger partial charge on any atom is -0.497 e. The summed E-state index contributed by atoms with van der Waals surface area (Å²) < 4.78 is 32.3. The highest BCUT2D eigenvalue weighted by atomic mass is 32.2. The van der Waals surface area contributed by atoms with Gasteiger partial charge in [-0.05, 0) is 50.2 Å². The fourth-order valence-corrected chi connectivity index (χ4v) is 4.70. The van der Waals surface area contributed by atoms with Crippen LogP contribution in [0.15, 0.2) is 59.5 Å². The third-order valence-electron chi connectivity index (χ3n) is 4.17. The molecule has 0 aliphatic heterocycles. The van der Waals surface area contributed by atoms with Crippen molar-refractivity contribution in [2.75, 3.05) is 12.4 Å². The Kier molecular flexibility index (Phi) is 6.31. The molecule has 0 aliphatic carbocycles. The van der Waals surface area contributed by atoms with Gasteiger partial charge in [-0.15, -0.1) is 11.3 Å². The Balaban J connectivity index is 1.70. The van der Waals surface area contributed by atoms with Crippen molar-refractivity contribution in [2.45, 2.75) is 24.8 Å². The molecule has 2 N–H and O–H groups in total. The second-order valence-electron chi connectivity index (χ2n) is 6.30. The number of anilines is 1. The molecule has 0 aliphatic rings. The molecule has 1 amide bonds. The van der Waals surface area contributed by atoms with Crippen molar-refractivity contribution in [1.82, 2.24) is 9.71 Å². The van der Waals surface area contributed by atoms with Gasteiger partial charge >= 0.3 is 0 Å². The summed E-state index contributed by atoms with van der Waals surface area (Å²) in [5, 5.41) is 3.09. The molecular weight excluding hydrogens is 410 g/mol. The first-order chi connectivity index (χ1) is 13.8. The van der Waals surface area contributed by atoms with Gasteiger partial charge < -0.3 is 10.1 Å². The highest BCUT2D eigenvalue weighted by Gasteiger charge is 2.23. The van der Waals surface area contributed by atoms with Gasteiger partial charge in [-0.3, -0.25) is 4.79 Å². The lowest BCUT2D eigenvalue weighted by Gasteiger charge is -2.13. The summed E-state index contributed by atoms with van der Waals surface area (Å²) in [5.74, 6) is 0.259. The molecule has 1 aromatic heterocycles. The molecule has 1 atom stereocenters. The average Bonchev–Trinajstić information content (AvgIpc) is 3.08. The Bertz CT molecular complexity index is 1090. The van der Waals surface area contributed by atoms with Gasteiger partial charge in [0.1, 0.15) is 5.75 Å². The number of hydrogen-bond donors (Lipinski definition) is 2. The Morgan fingerprint density at radius 1 is 1.10 bits per heavy atom. The zero-order valence-electron chi connectivity index (χ0n) is 16.2. The predicted octanol–water partition coefficient (Wildman–Crippen LogP) is 3.43. The number of rotatable bonds is 7. The Labute approximate surface area is 173 Å². The lowest BCUT2D eigenvalue weighted by molar-refractivity contribution is -0.117. The first-order valence-corrected chi connectivity index (χ1v) is 11.1. The number of thiazole rings is 1. The fourth-order valence-electron chi connectivity index (χ4n) is 2.63. The molecule has 9 heteroatoms. The van der Waals surface area contributed by atoms with Crippen LogP contribution in [0.3, 0.4) is 0 Å². The first-order valence-electron chi connectivity index (χ1n) is 8.80. The van der Waals surface area contributed by atoms with Crippen molar-refractivity contribution < 1.29 is 17.9 Å². The summed E-state index contributed by atoms with van der Waals surface area (Å²) in [6, 6.07) is 14.4. The number of aryl methyl sites for hydroxylation is 1. The van der Waals surface area contributed by atoms with Crippen LogP contribution in [-0.4, -0.2) is 32.5 Å². The standard InChI is InChI=1S/C20H21N3O4S2/c1-13(23-29(25,26)17-7-5-4-6-8-17)19(24)22-20-21-18(14(2)28-20)15-9-11-16(27-3)12-10-15/h4-13,23H,1-3H3,(H,21,22,24)/t13-/m0/s1. The number of amides is 1. The van der Waals surface area contributed by atoms with Gasteiger partial charge in [0.05, 0.1) is 23.7 Å². The average molecular weight is 432 g/mol. The molecule has 0 spiro atoms. The molecule has 3 aromatic rings.